The van der Waals surface area contributed by atoms with Gasteiger partial charge in [-0.3, -0.25) is 14.5 Å². The molecular formula is C17H16N4OS. The summed E-state index contributed by atoms with van der Waals surface area (Å²) in [5, 5.41) is 9.14. The molecule has 0 aliphatic rings. The quantitative estimate of drug-likeness (QED) is 0.709. The van der Waals surface area contributed by atoms with Gasteiger partial charge >= 0.3 is 0 Å². The molecule has 0 aliphatic heterocycles. The third-order valence-electron chi connectivity index (χ3n) is 3.23. The number of thiophene rings is 1. The van der Waals surface area contributed by atoms with Gasteiger partial charge < -0.3 is 5.32 Å². The topological polar surface area (TPSA) is 59.8 Å². The average Bonchev–Trinajstić information content (AvgIpc) is 3.26. The van der Waals surface area contributed by atoms with E-state index in [2.05, 4.69) is 15.4 Å². The summed E-state index contributed by atoms with van der Waals surface area (Å²) in [6, 6.07) is 7.82. The van der Waals surface area contributed by atoms with E-state index in [1.807, 2.05) is 52.8 Å². The smallest absolute Gasteiger partial charge is 0.244 e. The number of nitrogens with one attached hydrogen (secondary N) is 1. The second kappa shape index (κ2) is 7.51. The molecule has 116 valence electrons. The molecule has 23 heavy (non-hydrogen) atoms. The van der Waals surface area contributed by atoms with E-state index in [1.165, 1.54) is 0 Å². The Hall–Kier alpha value is -2.73. The summed E-state index contributed by atoms with van der Waals surface area (Å²) in [5.41, 5.74) is 2.12. The van der Waals surface area contributed by atoms with Gasteiger partial charge in [-0.1, -0.05) is 6.07 Å². The Balaban J connectivity index is 1.48. The van der Waals surface area contributed by atoms with Crippen LogP contribution in [0.5, 0.6) is 0 Å². The lowest BCUT2D eigenvalue weighted by molar-refractivity contribution is -0.116. The summed E-state index contributed by atoms with van der Waals surface area (Å²) in [6.45, 7) is 1.16. The number of pyridine rings is 1. The van der Waals surface area contributed by atoms with Gasteiger partial charge in [0.1, 0.15) is 0 Å². The highest BCUT2D eigenvalue weighted by atomic mass is 32.1. The highest BCUT2D eigenvalue weighted by molar-refractivity contribution is 7.10. The van der Waals surface area contributed by atoms with E-state index in [9.17, 15) is 4.79 Å². The first-order chi connectivity index (χ1) is 11.3. The van der Waals surface area contributed by atoms with Crippen molar-refractivity contribution in [1.82, 2.24) is 20.1 Å². The molecule has 0 saturated carbocycles. The number of nitrogens with zero attached hydrogens (tertiary/aromatic N) is 3. The normalized spacial score (nSPS) is 11.0. The molecule has 0 saturated heterocycles. The van der Waals surface area contributed by atoms with Crippen molar-refractivity contribution in [3.05, 3.63) is 65.4 Å². The Labute approximate surface area is 138 Å². The van der Waals surface area contributed by atoms with E-state index in [0.29, 0.717) is 13.1 Å². The maximum atomic E-state index is 11.7. The fourth-order valence-corrected chi connectivity index (χ4v) is 2.69. The Morgan fingerprint density at radius 3 is 2.91 bits per heavy atom. The lowest BCUT2D eigenvalue weighted by Gasteiger charge is -2.02. The largest absolute Gasteiger partial charge is 0.351 e. The van der Waals surface area contributed by atoms with Crippen molar-refractivity contribution >= 4 is 23.3 Å². The summed E-state index contributed by atoms with van der Waals surface area (Å²) in [5.74, 6) is -0.0973. The van der Waals surface area contributed by atoms with Crippen molar-refractivity contribution in [3.8, 4) is 11.1 Å². The maximum absolute atomic E-state index is 11.7. The number of carbonyl (C=O) groups is 1. The fourth-order valence-electron chi connectivity index (χ4n) is 2.08. The molecule has 1 N–H and O–H groups in total. The first-order valence-electron chi connectivity index (χ1n) is 7.23. The highest BCUT2D eigenvalue weighted by Gasteiger charge is 2.02. The van der Waals surface area contributed by atoms with Gasteiger partial charge in [0.15, 0.2) is 0 Å². The average molecular weight is 324 g/mol. The molecule has 0 spiro atoms. The molecule has 0 aromatic carbocycles. The van der Waals surface area contributed by atoms with E-state index in [4.69, 9.17) is 0 Å². The van der Waals surface area contributed by atoms with Crippen molar-refractivity contribution in [1.29, 1.82) is 0 Å². The minimum atomic E-state index is -0.0973. The molecule has 3 heterocycles. The van der Waals surface area contributed by atoms with Crippen LogP contribution in [0, 0.1) is 0 Å². The Kier molecular flexibility index (Phi) is 4.95. The molecule has 1 amide bonds. The zero-order chi connectivity index (χ0) is 15.9. The number of aromatic nitrogens is 3. The van der Waals surface area contributed by atoms with Crippen molar-refractivity contribution in [2.24, 2.45) is 0 Å². The van der Waals surface area contributed by atoms with Crippen LogP contribution in [0.25, 0.3) is 17.2 Å². The molecule has 0 fully saturated rings. The second-order valence-electron chi connectivity index (χ2n) is 4.87. The van der Waals surface area contributed by atoms with Gasteiger partial charge in [0.25, 0.3) is 0 Å². The van der Waals surface area contributed by atoms with Gasteiger partial charge in [-0.05, 0) is 35.2 Å². The molecular weight excluding hydrogens is 308 g/mol. The summed E-state index contributed by atoms with van der Waals surface area (Å²) in [4.78, 5) is 16.8. The molecule has 5 nitrogen and oxygen atoms in total. The zero-order valence-corrected chi connectivity index (χ0v) is 13.2. The van der Waals surface area contributed by atoms with E-state index < -0.39 is 0 Å². The van der Waals surface area contributed by atoms with Crippen molar-refractivity contribution in [3.63, 3.8) is 0 Å². The Bertz CT molecular complexity index is 778. The molecule has 3 rings (SSSR count). The third-order valence-corrected chi connectivity index (χ3v) is 4.07. The number of hydrogen-bond donors (Lipinski definition) is 1. The van der Waals surface area contributed by atoms with Crippen LogP contribution < -0.4 is 5.32 Å². The minimum absolute atomic E-state index is 0.0973. The molecule has 3 aromatic rings. The van der Waals surface area contributed by atoms with Crippen LogP contribution in [0.1, 0.15) is 4.88 Å². The van der Waals surface area contributed by atoms with Gasteiger partial charge in [-0.25, -0.2) is 0 Å². The van der Waals surface area contributed by atoms with Crippen molar-refractivity contribution in [2.75, 3.05) is 6.54 Å². The van der Waals surface area contributed by atoms with Gasteiger partial charge in [-0.2, -0.15) is 5.10 Å². The fraction of sp³-hybridized carbons (Fsp3) is 0.118. The molecule has 0 unspecified atom stereocenters. The second-order valence-corrected chi connectivity index (χ2v) is 5.85. The molecule has 0 atom stereocenters. The molecule has 6 heteroatoms. The summed E-state index contributed by atoms with van der Waals surface area (Å²) in [7, 11) is 0. The first-order valence-corrected chi connectivity index (χ1v) is 8.11. The molecule has 3 aromatic heterocycles. The van der Waals surface area contributed by atoms with E-state index in [0.717, 1.165) is 16.0 Å². The Morgan fingerprint density at radius 1 is 1.26 bits per heavy atom. The molecule has 0 radical (unpaired) electrons. The predicted octanol–water partition coefficient (Wildman–Crippen LogP) is 2.84. The number of rotatable bonds is 6. The lowest BCUT2D eigenvalue weighted by atomic mass is 10.1. The van der Waals surface area contributed by atoms with Gasteiger partial charge in [-0.15, -0.1) is 11.3 Å². The van der Waals surface area contributed by atoms with Crippen LogP contribution in [-0.2, 0) is 11.3 Å². The Morgan fingerprint density at radius 2 is 2.13 bits per heavy atom. The standard InChI is InChI=1S/C17H16N4OS/c22-17(4-3-16-2-1-11-23-16)19-9-10-21-13-15(12-20-21)14-5-7-18-8-6-14/h1-8,11-13H,9-10H2,(H,19,22)/b4-3+. The summed E-state index contributed by atoms with van der Waals surface area (Å²) >= 11 is 1.60. The van der Waals surface area contributed by atoms with E-state index >= 15 is 0 Å². The monoisotopic (exact) mass is 324 g/mol. The van der Waals surface area contributed by atoms with Crippen LogP contribution in [0.15, 0.2) is 60.5 Å². The van der Waals surface area contributed by atoms with Crippen LogP contribution in [0.3, 0.4) is 0 Å². The summed E-state index contributed by atoms with van der Waals surface area (Å²) in [6.07, 6.45) is 10.7. The highest BCUT2D eigenvalue weighted by Crippen LogP contribution is 2.16. The third kappa shape index (κ3) is 4.37. The van der Waals surface area contributed by atoms with Crippen LogP contribution in [0.2, 0.25) is 0 Å². The van der Waals surface area contributed by atoms with Crippen LogP contribution in [-0.4, -0.2) is 27.2 Å². The molecule has 0 bridgehead atoms. The summed E-state index contributed by atoms with van der Waals surface area (Å²) < 4.78 is 1.82. The van der Waals surface area contributed by atoms with Crippen LogP contribution >= 0.6 is 11.3 Å². The maximum Gasteiger partial charge on any atom is 0.244 e. The van der Waals surface area contributed by atoms with E-state index in [1.54, 1.807) is 29.8 Å². The predicted molar refractivity (Wildman–Crippen MR) is 91.8 cm³/mol. The number of carbonyl (C=O) groups excluding carboxylic acids is 1. The van der Waals surface area contributed by atoms with E-state index in [-0.39, 0.29) is 5.91 Å². The SMILES string of the molecule is O=C(/C=C/c1cccs1)NCCn1cc(-c2ccncc2)cn1. The first kappa shape index (κ1) is 15.2. The van der Waals surface area contributed by atoms with Crippen molar-refractivity contribution in [2.45, 2.75) is 6.54 Å². The van der Waals surface area contributed by atoms with Gasteiger partial charge in [0.05, 0.1) is 12.7 Å². The minimum Gasteiger partial charge on any atom is -0.351 e. The molecule has 0 aliphatic carbocycles. The number of hydrogen-bond acceptors (Lipinski definition) is 4. The van der Waals surface area contributed by atoms with Gasteiger partial charge in [0, 0.05) is 41.7 Å². The number of amides is 1. The van der Waals surface area contributed by atoms with Crippen molar-refractivity contribution < 1.29 is 4.79 Å². The van der Waals surface area contributed by atoms with Gasteiger partial charge in [0.2, 0.25) is 5.91 Å². The zero-order valence-electron chi connectivity index (χ0n) is 12.4. The lowest BCUT2D eigenvalue weighted by Crippen LogP contribution is -2.25. The van der Waals surface area contributed by atoms with Crippen LogP contribution in [0.4, 0.5) is 0 Å².